The second-order valence-electron chi connectivity index (χ2n) is 4.22. The Hall–Kier alpha value is -2.17. The maximum absolute atomic E-state index is 12.8. The minimum absolute atomic E-state index is 0.156. The first-order chi connectivity index (χ1) is 8.58. The summed E-state index contributed by atoms with van der Waals surface area (Å²) in [7, 11) is 0. The smallest absolute Gasteiger partial charge is 0.256 e. The Morgan fingerprint density at radius 3 is 2.56 bits per heavy atom. The Morgan fingerprint density at radius 1 is 1.28 bits per heavy atom. The number of hydrogen-bond donors (Lipinski definition) is 1. The van der Waals surface area contributed by atoms with Crippen LogP contribution in [0.5, 0.6) is 0 Å². The molecule has 0 aliphatic carbocycles. The molecule has 4 nitrogen and oxygen atoms in total. The van der Waals surface area contributed by atoms with Crippen LogP contribution in [0.15, 0.2) is 36.5 Å². The van der Waals surface area contributed by atoms with Crippen molar-refractivity contribution in [2.75, 3.05) is 5.32 Å². The zero-order valence-electron chi connectivity index (χ0n) is 10.2. The van der Waals surface area contributed by atoms with E-state index in [1.54, 1.807) is 16.9 Å². The lowest BCUT2D eigenvalue weighted by molar-refractivity contribution is 0.102. The molecule has 2 rings (SSSR count). The van der Waals surface area contributed by atoms with Crippen LogP contribution in [-0.2, 0) is 0 Å². The summed E-state index contributed by atoms with van der Waals surface area (Å²) in [5.74, 6) is -0.0181. The SMILES string of the molecule is CC(C)n1nccc1NC(=O)c1ccc(F)cc1. The van der Waals surface area contributed by atoms with Gasteiger partial charge in [-0.2, -0.15) is 5.10 Å². The molecule has 5 heteroatoms. The zero-order valence-corrected chi connectivity index (χ0v) is 10.2. The van der Waals surface area contributed by atoms with E-state index < -0.39 is 0 Å². The Labute approximate surface area is 104 Å². The van der Waals surface area contributed by atoms with Crippen LogP contribution >= 0.6 is 0 Å². The molecule has 18 heavy (non-hydrogen) atoms. The molecule has 0 saturated heterocycles. The lowest BCUT2D eigenvalue weighted by Gasteiger charge is -2.11. The Balaban J connectivity index is 2.16. The number of benzene rings is 1. The highest BCUT2D eigenvalue weighted by atomic mass is 19.1. The largest absolute Gasteiger partial charge is 0.307 e. The molecule has 0 saturated carbocycles. The summed E-state index contributed by atoms with van der Waals surface area (Å²) in [5.41, 5.74) is 0.410. The summed E-state index contributed by atoms with van der Waals surface area (Å²) in [6, 6.07) is 7.29. The Bertz CT molecular complexity index is 546. The summed E-state index contributed by atoms with van der Waals surface area (Å²) < 4.78 is 14.5. The molecule has 0 radical (unpaired) electrons. The van der Waals surface area contributed by atoms with Crippen molar-refractivity contribution in [2.24, 2.45) is 0 Å². The Morgan fingerprint density at radius 2 is 1.94 bits per heavy atom. The monoisotopic (exact) mass is 247 g/mol. The highest BCUT2D eigenvalue weighted by Crippen LogP contribution is 2.14. The van der Waals surface area contributed by atoms with Crippen LogP contribution in [0.25, 0.3) is 0 Å². The van der Waals surface area contributed by atoms with Crippen molar-refractivity contribution in [1.29, 1.82) is 0 Å². The molecule has 0 atom stereocenters. The molecule has 1 heterocycles. The van der Waals surface area contributed by atoms with Crippen LogP contribution < -0.4 is 5.32 Å². The van der Waals surface area contributed by atoms with Gasteiger partial charge in [0.25, 0.3) is 5.91 Å². The van der Waals surface area contributed by atoms with Gasteiger partial charge >= 0.3 is 0 Å². The molecule has 1 N–H and O–H groups in total. The molecule has 1 amide bonds. The molecule has 1 aromatic carbocycles. The predicted molar refractivity (Wildman–Crippen MR) is 67.0 cm³/mol. The quantitative estimate of drug-likeness (QED) is 0.906. The molecule has 2 aromatic rings. The van der Waals surface area contributed by atoms with E-state index >= 15 is 0 Å². The normalized spacial score (nSPS) is 10.7. The van der Waals surface area contributed by atoms with E-state index in [-0.39, 0.29) is 17.8 Å². The number of rotatable bonds is 3. The van der Waals surface area contributed by atoms with Crippen LogP contribution in [0.1, 0.15) is 30.2 Å². The van der Waals surface area contributed by atoms with E-state index in [0.29, 0.717) is 11.4 Å². The molecule has 0 unspecified atom stereocenters. The lowest BCUT2D eigenvalue weighted by Crippen LogP contribution is -2.16. The van der Waals surface area contributed by atoms with Gasteiger partial charge in [-0.1, -0.05) is 0 Å². The number of anilines is 1. The van der Waals surface area contributed by atoms with Crippen LogP contribution in [-0.4, -0.2) is 15.7 Å². The minimum Gasteiger partial charge on any atom is -0.307 e. The van der Waals surface area contributed by atoms with E-state index in [2.05, 4.69) is 10.4 Å². The average Bonchev–Trinajstić information content (AvgIpc) is 2.78. The van der Waals surface area contributed by atoms with Gasteiger partial charge in [-0.05, 0) is 38.1 Å². The first kappa shape index (κ1) is 12.3. The predicted octanol–water partition coefficient (Wildman–Crippen LogP) is 2.86. The second kappa shape index (κ2) is 5.00. The number of aromatic nitrogens is 2. The van der Waals surface area contributed by atoms with Gasteiger partial charge in [0.05, 0.1) is 6.20 Å². The number of amides is 1. The molecular weight excluding hydrogens is 233 g/mol. The number of halogens is 1. The van der Waals surface area contributed by atoms with E-state index in [9.17, 15) is 9.18 Å². The molecular formula is C13H14FN3O. The third kappa shape index (κ3) is 2.56. The van der Waals surface area contributed by atoms with Gasteiger partial charge < -0.3 is 5.32 Å². The maximum atomic E-state index is 12.8. The fourth-order valence-electron chi connectivity index (χ4n) is 1.61. The van der Waals surface area contributed by atoms with Gasteiger partial charge in [0.2, 0.25) is 0 Å². The topological polar surface area (TPSA) is 46.9 Å². The van der Waals surface area contributed by atoms with Crippen LogP contribution in [0, 0.1) is 5.82 Å². The molecule has 1 aromatic heterocycles. The molecule has 94 valence electrons. The number of carbonyl (C=O) groups is 1. The van der Waals surface area contributed by atoms with Crippen LogP contribution in [0.3, 0.4) is 0 Å². The summed E-state index contributed by atoms with van der Waals surface area (Å²) in [5, 5.41) is 6.87. The lowest BCUT2D eigenvalue weighted by atomic mass is 10.2. The van der Waals surface area contributed by atoms with Gasteiger partial charge in [0, 0.05) is 17.7 Å². The van der Waals surface area contributed by atoms with Gasteiger partial charge in [0.1, 0.15) is 11.6 Å². The van der Waals surface area contributed by atoms with E-state index in [1.807, 2.05) is 13.8 Å². The highest BCUT2D eigenvalue weighted by molar-refractivity contribution is 6.03. The van der Waals surface area contributed by atoms with Crippen LogP contribution in [0.4, 0.5) is 10.2 Å². The van der Waals surface area contributed by atoms with Crippen molar-refractivity contribution >= 4 is 11.7 Å². The molecule has 0 fully saturated rings. The van der Waals surface area contributed by atoms with E-state index in [0.717, 1.165) is 0 Å². The molecule has 0 bridgehead atoms. The number of nitrogens with one attached hydrogen (secondary N) is 1. The maximum Gasteiger partial charge on any atom is 0.256 e. The Kier molecular flexibility index (Phi) is 3.41. The summed E-state index contributed by atoms with van der Waals surface area (Å²) in [6.07, 6.45) is 1.63. The number of nitrogens with zero attached hydrogens (tertiary/aromatic N) is 2. The van der Waals surface area contributed by atoms with Crippen molar-refractivity contribution in [3.63, 3.8) is 0 Å². The minimum atomic E-state index is -0.362. The summed E-state index contributed by atoms with van der Waals surface area (Å²) in [6.45, 7) is 3.95. The zero-order chi connectivity index (χ0) is 13.1. The number of carbonyl (C=O) groups excluding carboxylic acids is 1. The summed E-state index contributed by atoms with van der Waals surface area (Å²) >= 11 is 0. The third-order valence-electron chi connectivity index (χ3n) is 2.51. The first-order valence-electron chi connectivity index (χ1n) is 5.68. The van der Waals surface area contributed by atoms with E-state index in [4.69, 9.17) is 0 Å². The van der Waals surface area contributed by atoms with Crippen molar-refractivity contribution in [3.8, 4) is 0 Å². The molecule has 0 aliphatic heterocycles. The van der Waals surface area contributed by atoms with Gasteiger partial charge in [-0.25, -0.2) is 9.07 Å². The first-order valence-corrected chi connectivity index (χ1v) is 5.68. The number of hydrogen-bond acceptors (Lipinski definition) is 2. The van der Waals surface area contributed by atoms with Gasteiger partial charge in [0.15, 0.2) is 0 Å². The fourth-order valence-corrected chi connectivity index (χ4v) is 1.61. The van der Waals surface area contributed by atoms with Crippen LogP contribution in [0.2, 0.25) is 0 Å². The standard InChI is InChI=1S/C13H14FN3O/c1-9(2)17-12(7-8-15-17)16-13(18)10-3-5-11(14)6-4-10/h3-9H,1-2H3,(H,16,18). The van der Waals surface area contributed by atoms with Crippen molar-refractivity contribution in [2.45, 2.75) is 19.9 Å². The summed E-state index contributed by atoms with van der Waals surface area (Å²) in [4.78, 5) is 11.9. The highest BCUT2D eigenvalue weighted by Gasteiger charge is 2.11. The van der Waals surface area contributed by atoms with Crippen molar-refractivity contribution in [3.05, 3.63) is 47.9 Å². The van der Waals surface area contributed by atoms with E-state index in [1.165, 1.54) is 24.3 Å². The average molecular weight is 247 g/mol. The van der Waals surface area contributed by atoms with Crippen molar-refractivity contribution < 1.29 is 9.18 Å². The van der Waals surface area contributed by atoms with Gasteiger partial charge in [-0.15, -0.1) is 0 Å². The third-order valence-corrected chi connectivity index (χ3v) is 2.51. The second-order valence-corrected chi connectivity index (χ2v) is 4.22. The fraction of sp³-hybridized carbons (Fsp3) is 0.231. The van der Waals surface area contributed by atoms with Crippen molar-refractivity contribution in [1.82, 2.24) is 9.78 Å². The molecule has 0 spiro atoms. The molecule has 0 aliphatic rings. The van der Waals surface area contributed by atoms with Gasteiger partial charge in [-0.3, -0.25) is 4.79 Å².